The highest BCUT2D eigenvalue weighted by Gasteiger charge is 2.08. The molecule has 0 bridgehead atoms. The van der Waals surface area contributed by atoms with Crippen molar-refractivity contribution in [1.82, 2.24) is 0 Å². The van der Waals surface area contributed by atoms with Crippen LogP contribution >= 0.6 is 0 Å². The summed E-state index contributed by atoms with van der Waals surface area (Å²) in [5.41, 5.74) is -0.0329. The first-order chi connectivity index (χ1) is 6.50. The first kappa shape index (κ1) is 10.1. The first-order valence-corrected chi connectivity index (χ1v) is 3.50. The van der Waals surface area contributed by atoms with Crippen LogP contribution in [0.2, 0.25) is 0 Å². The molecule has 74 valence electrons. The van der Waals surface area contributed by atoms with Crippen LogP contribution in [0.3, 0.4) is 0 Å². The van der Waals surface area contributed by atoms with Crippen molar-refractivity contribution in [2.24, 2.45) is 0 Å². The van der Waals surface area contributed by atoms with E-state index in [1.54, 1.807) is 0 Å². The maximum Gasteiger partial charge on any atom is 0.235 e. The summed E-state index contributed by atoms with van der Waals surface area (Å²) < 4.78 is 25.3. The molecule has 0 atom stereocenters. The number of phenolic OH excluding ortho intramolecular Hbond substituents is 1. The van der Waals surface area contributed by atoms with Gasteiger partial charge in [-0.15, -0.1) is 0 Å². The van der Waals surface area contributed by atoms with Crippen molar-refractivity contribution in [1.29, 1.82) is 0 Å². The van der Waals surface area contributed by atoms with Gasteiger partial charge >= 0.3 is 0 Å². The van der Waals surface area contributed by atoms with Crippen LogP contribution in [0.5, 0.6) is 5.75 Å². The minimum Gasteiger partial charge on any atom is -0.503 e. The third kappa shape index (κ3) is 2.25. The zero-order chi connectivity index (χ0) is 10.7. The molecule has 1 aromatic carbocycles. The Bertz CT molecular complexity index is 381. The van der Waals surface area contributed by atoms with Crippen molar-refractivity contribution in [2.45, 2.75) is 0 Å². The van der Waals surface area contributed by atoms with Crippen LogP contribution in [-0.4, -0.2) is 10.0 Å². The molecule has 0 amide bonds. The summed E-state index contributed by atoms with van der Waals surface area (Å²) in [6, 6.07) is 1.58. The van der Waals surface area contributed by atoms with Crippen LogP contribution < -0.4 is 0 Å². The normalized spacial score (nSPS) is 10.7. The highest BCUT2D eigenvalue weighted by Crippen LogP contribution is 2.21. The van der Waals surface area contributed by atoms with E-state index in [9.17, 15) is 18.9 Å². The van der Waals surface area contributed by atoms with E-state index in [2.05, 4.69) is 0 Å². The number of halogens is 2. The van der Waals surface area contributed by atoms with Gasteiger partial charge in [0.05, 0.1) is 4.92 Å². The van der Waals surface area contributed by atoms with Gasteiger partial charge in [-0.2, -0.15) is 0 Å². The fourth-order valence-corrected chi connectivity index (χ4v) is 0.828. The zero-order valence-electron chi connectivity index (χ0n) is 6.78. The lowest BCUT2D eigenvalue weighted by Gasteiger charge is -1.98. The van der Waals surface area contributed by atoms with Gasteiger partial charge in [0.25, 0.3) is 0 Å². The Hall–Kier alpha value is -1.98. The Kier molecular flexibility index (Phi) is 2.76. The molecule has 0 aliphatic rings. The van der Waals surface area contributed by atoms with Gasteiger partial charge in [-0.05, 0) is 17.7 Å². The minimum absolute atomic E-state index is 0.0329. The minimum atomic E-state index is -1.16. The van der Waals surface area contributed by atoms with Crippen molar-refractivity contribution < 1.29 is 18.8 Å². The smallest absolute Gasteiger partial charge is 0.235 e. The molecule has 0 saturated carbocycles. The predicted molar refractivity (Wildman–Crippen MR) is 44.1 cm³/mol. The third-order valence-corrected chi connectivity index (χ3v) is 1.43. The summed E-state index contributed by atoms with van der Waals surface area (Å²) in [6.07, 6.45) is 1.47. The molecular formula is C8H5F2NO3. The van der Waals surface area contributed by atoms with Crippen molar-refractivity contribution in [3.8, 4) is 5.75 Å². The summed E-state index contributed by atoms with van der Waals surface area (Å²) in [5, 5.41) is 18.6. The van der Waals surface area contributed by atoms with Gasteiger partial charge < -0.3 is 5.11 Å². The van der Waals surface area contributed by atoms with E-state index in [4.69, 9.17) is 5.11 Å². The average molecular weight is 201 g/mol. The van der Waals surface area contributed by atoms with E-state index in [1.165, 1.54) is 0 Å². The summed E-state index contributed by atoms with van der Waals surface area (Å²) >= 11 is 0. The predicted octanol–water partition coefficient (Wildman–Crippen LogP) is 1.92. The number of hydrogen-bond donors (Lipinski definition) is 1. The molecule has 0 radical (unpaired) electrons. The summed E-state index contributed by atoms with van der Waals surface area (Å²) in [4.78, 5) is 9.13. The van der Waals surface area contributed by atoms with Crippen molar-refractivity contribution in [3.63, 3.8) is 0 Å². The van der Waals surface area contributed by atoms with E-state index in [-0.39, 0.29) is 5.56 Å². The topological polar surface area (TPSA) is 63.4 Å². The van der Waals surface area contributed by atoms with Gasteiger partial charge in [-0.1, -0.05) is 0 Å². The highest BCUT2D eigenvalue weighted by atomic mass is 19.1. The van der Waals surface area contributed by atoms with Crippen LogP contribution in [0.4, 0.5) is 8.78 Å². The zero-order valence-corrected chi connectivity index (χ0v) is 6.78. The highest BCUT2D eigenvalue weighted by molar-refractivity contribution is 5.50. The average Bonchev–Trinajstić information content (AvgIpc) is 2.10. The lowest BCUT2D eigenvalue weighted by Crippen LogP contribution is -1.87. The van der Waals surface area contributed by atoms with Gasteiger partial charge in [0.15, 0.2) is 17.4 Å². The third-order valence-electron chi connectivity index (χ3n) is 1.43. The summed E-state index contributed by atoms with van der Waals surface area (Å²) in [7, 11) is 0. The number of rotatable bonds is 2. The second-order valence-electron chi connectivity index (χ2n) is 2.43. The largest absolute Gasteiger partial charge is 0.503 e. The fraction of sp³-hybridized carbons (Fsp3) is 0. The van der Waals surface area contributed by atoms with Gasteiger partial charge in [-0.25, -0.2) is 8.78 Å². The monoisotopic (exact) mass is 201 g/mol. The van der Waals surface area contributed by atoms with Crippen molar-refractivity contribution >= 4 is 6.08 Å². The van der Waals surface area contributed by atoms with Crippen molar-refractivity contribution in [3.05, 3.63) is 45.6 Å². The number of hydrogen-bond acceptors (Lipinski definition) is 3. The second-order valence-corrected chi connectivity index (χ2v) is 2.43. The van der Waals surface area contributed by atoms with E-state index < -0.39 is 22.3 Å². The maximum atomic E-state index is 12.7. The van der Waals surface area contributed by atoms with Crippen LogP contribution in [0.1, 0.15) is 5.56 Å². The molecule has 0 saturated heterocycles. The molecule has 0 aliphatic carbocycles. The van der Waals surface area contributed by atoms with Gasteiger partial charge in [0.2, 0.25) is 6.20 Å². The van der Waals surface area contributed by atoms with Gasteiger partial charge in [0.1, 0.15) is 0 Å². The first-order valence-electron chi connectivity index (χ1n) is 3.50. The van der Waals surface area contributed by atoms with Crippen LogP contribution in [0, 0.1) is 21.7 Å². The SMILES string of the molecule is O=[N+]([O-])C=Cc1cc(F)c(O)c(F)c1. The standard InChI is InChI=1S/C8H5F2NO3/c9-6-3-5(1-2-11(13)14)4-7(10)8(6)12/h1-4,12H. The molecule has 1 aromatic rings. The molecule has 0 spiro atoms. The Morgan fingerprint density at radius 1 is 1.36 bits per heavy atom. The van der Waals surface area contributed by atoms with Gasteiger partial charge in [-0.3, -0.25) is 10.1 Å². The number of aromatic hydroxyl groups is 1. The van der Waals surface area contributed by atoms with E-state index in [0.29, 0.717) is 6.20 Å². The molecular weight excluding hydrogens is 196 g/mol. The van der Waals surface area contributed by atoms with Crippen molar-refractivity contribution in [2.75, 3.05) is 0 Å². The molecule has 0 heterocycles. The number of nitrogens with zero attached hydrogens (tertiary/aromatic N) is 1. The number of phenols is 1. The van der Waals surface area contributed by atoms with Crippen LogP contribution in [0.25, 0.3) is 6.08 Å². The summed E-state index contributed by atoms with van der Waals surface area (Å²) in [6.45, 7) is 0. The molecule has 1 rings (SSSR count). The molecule has 4 nitrogen and oxygen atoms in total. The van der Waals surface area contributed by atoms with Crippen LogP contribution in [-0.2, 0) is 0 Å². The molecule has 0 aliphatic heterocycles. The summed E-state index contributed by atoms with van der Waals surface area (Å²) in [5.74, 6) is -3.41. The quantitative estimate of drug-likeness (QED) is 0.587. The number of benzene rings is 1. The van der Waals surface area contributed by atoms with E-state index in [0.717, 1.165) is 18.2 Å². The maximum absolute atomic E-state index is 12.7. The second kappa shape index (κ2) is 3.82. The molecule has 0 aromatic heterocycles. The molecule has 6 heteroatoms. The lowest BCUT2D eigenvalue weighted by molar-refractivity contribution is -0.400. The van der Waals surface area contributed by atoms with Gasteiger partial charge in [0, 0.05) is 6.08 Å². The fourth-order valence-electron chi connectivity index (χ4n) is 0.828. The number of nitro groups is 1. The molecule has 14 heavy (non-hydrogen) atoms. The molecule has 0 fully saturated rings. The lowest BCUT2D eigenvalue weighted by atomic mass is 10.2. The Balaban J connectivity index is 3.07. The molecule has 0 unspecified atom stereocenters. The van der Waals surface area contributed by atoms with E-state index >= 15 is 0 Å². The Morgan fingerprint density at radius 2 is 1.86 bits per heavy atom. The van der Waals surface area contributed by atoms with E-state index in [1.807, 2.05) is 0 Å². The molecule has 1 N–H and O–H groups in total. The Morgan fingerprint density at radius 3 is 2.29 bits per heavy atom. The Labute approximate surface area is 77.2 Å². The van der Waals surface area contributed by atoms with Crippen LogP contribution in [0.15, 0.2) is 18.3 Å².